The number of hydrogen-bond acceptors (Lipinski definition) is 3. The van der Waals surface area contributed by atoms with E-state index in [9.17, 15) is 4.79 Å². The van der Waals surface area contributed by atoms with Crippen molar-refractivity contribution in [1.82, 2.24) is 5.32 Å². The number of amides is 1. The van der Waals surface area contributed by atoms with Gasteiger partial charge in [-0.15, -0.1) is 23.7 Å². The third kappa shape index (κ3) is 3.44. The Balaban J connectivity index is 0.00000144. The van der Waals surface area contributed by atoms with Gasteiger partial charge in [0.15, 0.2) is 0 Å². The summed E-state index contributed by atoms with van der Waals surface area (Å²) in [6.45, 7) is 2.53. The highest BCUT2D eigenvalue weighted by atomic mass is 79.9. The van der Waals surface area contributed by atoms with E-state index in [2.05, 4.69) is 21.2 Å². The van der Waals surface area contributed by atoms with E-state index in [1.54, 1.807) is 0 Å². The van der Waals surface area contributed by atoms with Crippen LogP contribution in [0.15, 0.2) is 15.2 Å². The molecule has 1 fully saturated rings. The summed E-state index contributed by atoms with van der Waals surface area (Å²) in [5.74, 6) is 0.519. The van der Waals surface area contributed by atoms with Crippen molar-refractivity contribution in [3.8, 4) is 0 Å². The van der Waals surface area contributed by atoms with E-state index < -0.39 is 0 Å². The maximum Gasteiger partial charge on any atom is 0.252 e. The van der Waals surface area contributed by atoms with Crippen LogP contribution < -0.4 is 11.1 Å². The van der Waals surface area contributed by atoms with Crippen LogP contribution in [0.4, 0.5) is 0 Å². The van der Waals surface area contributed by atoms with Crippen LogP contribution in [0, 0.1) is 5.92 Å². The maximum atomic E-state index is 12.0. The highest BCUT2D eigenvalue weighted by Gasteiger charge is 2.41. The van der Waals surface area contributed by atoms with Gasteiger partial charge in [-0.1, -0.05) is 0 Å². The molecule has 1 amide bonds. The number of nitrogens with one attached hydrogen (secondary N) is 1. The van der Waals surface area contributed by atoms with Gasteiger partial charge in [-0.2, -0.15) is 0 Å². The van der Waals surface area contributed by atoms with Crippen LogP contribution in [0.2, 0.25) is 0 Å². The molecule has 1 atom stereocenters. The molecule has 1 saturated carbocycles. The minimum absolute atomic E-state index is 0. The van der Waals surface area contributed by atoms with Crippen molar-refractivity contribution in [3.63, 3.8) is 0 Å². The van der Waals surface area contributed by atoms with E-state index in [-0.39, 0.29) is 23.9 Å². The molecule has 3 nitrogen and oxygen atoms in total. The summed E-state index contributed by atoms with van der Waals surface area (Å²) < 4.78 is 0.971. The van der Waals surface area contributed by atoms with Crippen LogP contribution in [0.3, 0.4) is 0 Å². The number of hydrogen-bond donors (Lipinski definition) is 2. The highest BCUT2D eigenvalue weighted by molar-refractivity contribution is 9.11. The second kappa shape index (κ2) is 5.69. The molecule has 0 bridgehead atoms. The molecule has 1 aliphatic carbocycles. The number of nitrogens with two attached hydrogens (primary N) is 1. The van der Waals surface area contributed by atoms with Gasteiger partial charge in [0.05, 0.1) is 14.9 Å². The first-order chi connectivity index (χ1) is 7.55. The quantitative estimate of drug-likeness (QED) is 0.886. The fraction of sp³-hybridized carbons (Fsp3) is 0.545. The Morgan fingerprint density at radius 3 is 2.76 bits per heavy atom. The highest BCUT2D eigenvalue weighted by Crippen LogP contribution is 2.39. The summed E-state index contributed by atoms with van der Waals surface area (Å²) in [6.07, 6.45) is 2.34. The molecule has 2 rings (SSSR count). The summed E-state index contributed by atoms with van der Waals surface area (Å²) in [6, 6.07) is 1.84. The van der Waals surface area contributed by atoms with Crippen LogP contribution in [0.1, 0.15) is 30.1 Å². The van der Waals surface area contributed by atoms with Crippen LogP contribution >= 0.6 is 39.7 Å². The third-order valence-corrected chi connectivity index (χ3v) is 4.64. The molecular weight excluding hydrogens is 324 g/mol. The van der Waals surface area contributed by atoms with Gasteiger partial charge in [0.25, 0.3) is 5.91 Å². The van der Waals surface area contributed by atoms with Gasteiger partial charge in [-0.3, -0.25) is 4.79 Å². The van der Waals surface area contributed by atoms with E-state index in [4.69, 9.17) is 5.73 Å². The Hall–Kier alpha value is -0.100. The Morgan fingerprint density at radius 2 is 2.35 bits per heavy atom. The van der Waals surface area contributed by atoms with Gasteiger partial charge in [-0.05, 0) is 47.7 Å². The van der Waals surface area contributed by atoms with Crippen LogP contribution in [-0.4, -0.2) is 18.0 Å². The van der Waals surface area contributed by atoms with Crippen molar-refractivity contribution in [2.45, 2.75) is 25.3 Å². The molecule has 1 aromatic rings. The van der Waals surface area contributed by atoms with E-state index in [0.717, 1.165) is 3.79 Å². The zero-order chi connectivity index (χ0) is 11.8. The van der Waals surface area contributed by atoms with Crippen molar-refractivity contribution in [2.75, 3.05) is 6.54 Å². The second-order valence-corrected chi connectivity index (χ2v) is 6.78. The first-order valence-corrected chi connectivity index (χ1v) is 6.99. The molecule has 0 aromatic carbocycles. The molecule has 17 heavy (non-hydrogen) atoms. The minimum atomic E-state index is -0.245. The van der Waals surface area contributed by atoms with Gasteiger partial charge >= 0.3 is 0 Å². The Labute approximate surface area is 120 Å². The van der Waals surface area contributed by atoms with Crippen LogP contribution in [-0.2, 0) is 0 Å². The predicted octanol–water partition coefficient (Wildman–Crippen LogP) is 2.79. The molecular formula is C11H16BrClN2OS. The van der Waals surface area contributed by atoms with E-state index >= 15 is 0 Å². The molecule has 0 spiro atoms. The predicted molar refractivity (Wildman–Crippen MR) is 76.9 cm³/mol. The SMILES string of the molecule is CC(CN)(NC(=O)c1csc(Br)c1)C1CC1.Cl. The smallest absolute Gasteiger partial charge is 0.252 e. The zero-order valence-electron chi connectivity index (χ0n) is 9.53. The van der Waals surface area contributed by atoms with Gasteiger partial charge in [0.2, 0.25) is 0 Å². The lowest BCUT2D eigenvalue weighted by Crippen LogP contribution is -2.53. The molecule has 6 heteroatoms. The number of halogens is 2. The third-order valence-electron chi connectivity index (χ3n) is 3.13. The van der Waals surface area contributed by atoms with Crippen molar-refractivity contribution in [3.05, 3.63) is 20.8 Å². The van der Waals surface area contributed by atoms with Gasteiger partial charge in [0, 0.05) is 11.9 Å². The zero-order valence-corrected chi connectivity index (χ0v) is 12.8. The molecule has 3 N–H and O–H groups in total. The topological polar surface area (TPSA) is 55.1 Å². The summed E-state index contributed by atoms with van der Waals surface area (Å²) in [4.78, 5) is 12.0. The lowest BCUT2D eigenvalue weighted by molar-refractivity contribution is 0.0898. The molecule has 1 heterocycles. The second-order valence-electron chi connectivity index (χ2n) is 4.49. The lowest BCUT2D eigenvalue weighted by atomic mass is 9.95. The maximum absolute atomic E-state index is 12.0. The normalized spacial score (nSPS) is 18.1. The van der Waals surface area contributed by atoms with Gasteiger partial charge in [0.1, 0.15) is 0 Å². The fourth-order valence-electron chi connectivity index (χ4n) is 1.80. The minimum Gasteiger partial charge on any atom is -0.345 e. The molecule has 1 aromatic heterocycles. The molecule has 0 radical (unpaired) electrons. The average molecular weight is 340 g/mol. The number of thiophene rings is 1. The first-order valence-electron chi connectivity index (χ1n) is 5.32. The van der Waals surface area contributed by atoms with Crippen LogP contribution in [0.25, 0.3) is 0 Å². The van der Waals surface area contributed by atoms with Crippen molar-refractivity contribution < 1.29 is 4.79 Å². The van der Waals surface area contributed by atoms with E-state index in [1.165, 1.54) is 24.2 Å². The Morgan fingerprint density at radius 1 is 1.71 bits per heavy atom. The van der Waals surface area contributed by atoms with E-state index in [1.807, 2.05) is 18.4 Å². The van der Waals surface area contributed by atoms with Crippen molar-refractivity contribution in [2.24, 2.45) is 11.7 Å². The number of carbonyl (C=O) groups excluding carboxylic acids is 1. The molecule has 1 unspecified atom stereocenters. The van der Waals surface area contributed by atoms with Crippen molar-refractivity contribution in [1.29, 1.82) is 0 Å². The standard InChI is InChI=1S/C11H15BrN2OS.ClH/c1-11(6-13,8-2-3-8)14-10(15)7-4-9(12)16-5-7;/h4-5,8H,2-3,6,13H2,1H3,(H,14,15);1H. The molecule has 0 saturated heterocycles. The van der Waals surface area contributed by atoms with Gasteiger partial charge < -0.3 is 11.1 Å². The van der Waals surface area contributed by atoms with Gasteiger partial charge in [-0.25, -0.2) is 0 Å². The Kier molecular flexibility index (Phi) is 5.01. The monoisotopic (exact) mass is 338 g/mol. The number of rotatable bonds is 4. The average Bonchev–Trinajstić information content (AvgIpc) is 3.02. The summed E-state index contributed by atoms with van der Waals surface area (Å²) in [5.41, 5.74) is 6.22. The Bertz CT molecular complexity index is 408. The molecule has 0 aliphatic heterocycles. The molecule has 96 valence electrons. The largest absolute Gasteiger partial charge is 0.345 e. The van der Waals surface area contributed by atoms with E-state index in [0.29, 0.717) is 18.0 Å². The fourth-order valence-corrected chi connectivity index (χ4v) is 2.94. The number of carbonyl (C=O) groups is 1. The molecule has 1 aliphatic rings. The summed E-state index contributed by atoms with van der Waals surface area (Å²) >= 11 is 4.87. The first kappa shape index (κ1) is 15.0. The van der Waals surface area contributed by atoms with Crippen molar-refractivity contribution >= 4 is 45.6 Å². The summed E-state index contributed by atoms with van der Waals surface area (Å²) in [7, 11) is 0. The summed E-state index contributed by atoms with van der Waals surface area (Å²) in [5, 5.41) is 4.91. The lowest BCUT2D eigenvalue weighted by Gasteiger charge is -2.29. The van der Waals surface area contributed by atoms with Crippen LogP contribution in [0.5, 0.6) is 0 Å².